The number of rotatable bonds is 7. The van der Waals surface area contributed by atoms with Crippen molar-refractivity contribution in [1.82, 2.24) is 0 Å². The number of esters is 1. The van der Waals surface area contributed by atoms with Crippen LogP contribution >= 0.6 is 0 Å². The fourth-order valence-corrected chi connectivity index (χ4v) is 10.4. The van der Waals surface area contributed by atoms with Crippen LogP contribution in [-0.4, -0.2) is 159 Å². The molecule has 0 unspecified atom stereocenters. The largest absolute Gasteiger partial charge is 0.459 e. The van der Waals surface area contributed by atoms with E-state index in [1.807, 2.05) is 19.9 Å². The van der Waals surface area contributed by atoms with Crippen molar-refractivity contribution >= 4 is 5.97 Å². The molecule has 1 spiro atoms. The molecule has 5 heterocycles. The number of methoxy groups -OCH3 is 2. The molecule has 7 N–H and O–H groups in total. The van der Waals surface area contributed by atoms with Crippen LogP contribution in [0.1, 0.15) is 126 Å². The zero-order chi connectivity index (χ0) is 47.4. The monoisotopic (exact) mass is 915 g/mol. The Morgan fingerprint density at radius 3 is 2.30 bits per heavy atom. The highest BCUT2D eigenvalue weighted by atomic mass is 16.7. The molecular formula is C48H82O16. The van der Waals surface area contributed by atoms with E-state index in [-0.39, 0.29) is 55.5 Å². The Morgan fingerprint density at radius 2 is 1.62 bits per heavy atom. The molecule has 0 aromatic heterocycles. The lowest BCUT2D eigenvalue weighted by Crippen LogP contribution is -2.60. The van der Waals surface area contributed by atoms with Crippen molar-refractivity contribution in [3.05, 3.63) is 24.3 Å². The van der Waals surface area contributed by atoms with Gasteiger partial charge in [0, 0.05) is 63.7 Å². The zero-order valence-corrected chi connectivity index (χ0v) is 39.9. The van der Waals surface area contributed by atoms with Crippen molar-refractivity contribution in [3.8, 4) is 0 Å². The van der Waals surface area contributed by atoms with Crippen molar-refractivity contribution in [2.45, 2.75) is 222 Å². The van der Waals surface area contributed by atoms with Gasteiger partial charge in [-0.1, -0.05) is 46.8 Å². The minimum atomic E-state index is -2.11. The molecule has 2 bridgehead atoms. The summed E-state index contributed by atoms with van der Waals surface area (Å²) in [5.74, 6) is -4.44. The molecule has 64 heavy (non-hydrogen) atoms. The minimum absolute atomic E-state index is 0.0399. The van der Waals surface area contributed by atoms with Crippen LogP contribution in [-0.2, 0) is 42.7 Å². The molecule has 5 rings (SSSR count). The fraction of sp³-hybridized carbons (Fsp3) is 0.896. The maximum absolute atomic E-state index is 13.8. The van der Waals surface area contributed by atoms with Gasteiger partial charge in [0.15, 0.2) is 17.9 Å². The van der Waals surface area contributed by atoms with E-state index >= 15 is 0 Å². The molecule has 0 saturated carbocycles. The summed E-state index contributed by atoms with van der Waals surface area (Å²) in [6.07, 6.45) is -1.38. The Labute approximate surface area is 380 Å². The van der Waals surface area contributed by atoms with Gasteiger partial charge in [-0.15, -0.1) is 0 Å². The molecule has 0 aromatic rings. The summed E-state index contributed by atoms with van der Waals surface area (Å²) in [5.41, 5.74) is -3.93. The van der Waals surface area contributed by atoms with Gasteiger partial charge < -0.3 is 73.6 Å². The number of aliphatic hydroxyl groups is 7. The second-order valence-electron chi connectivity index (χ2n) is 20.4. The van der Waals surface area contributed by atoms with E-state index in [1.165, 1.54) is 27.9 Å². The predicted molar refractivity (Wildman–Crippen MR) is 234 cm³/mol. The quantitative estimate of drug-likeness (QED) is 0.142. The third-order valence-corrected chi connectivity index (χ3v) is 15.1. The smallest absolute Gasteiger partial charge is 0.330 e. The van der Waals surface area contributed by atoms with Crippen LogP contribution in [0, 0.1) is 29.6 Å². The second-order valence-corrected chi connectivity index (χ2v) is 20.4. The number of allylic oxidation sites excluding steroid dienone is 1. The van der Waals surface area contributed by atoms with Crippen LogP contribution in [0.4, 0.5) is 0 Å². The van der Waals surface area contributed by atoms with Gasteiger partial charge in [-0.25, -0.2) is 4.79 Å². The lowest BCUT2D eigenvalue weighted by Gasteiger charge is -2.54. The topological polar surface area (TPSA) is 233 Å². The standard InChI is InChI=1S/C48H82O16/c1-11-33(49)22-34-28(3)16-20-47(63-34)24-36-29(4)37(64-47)25-48(58-10)32(21-27(2)26-59-48)15-13-12-14-18-45(7,55)44(54)42(62-39-23-35(57-9)41(52)31(6)60-39)40(51)30(5)43(53)46(8,56)19-17-38(50)61-36/h13,15,17,19,27-37,39-44,49,51-56H,11-12,14,16,18,20-26H2,1-10H3/b15-13-,19-17+/t27-,28+,29+,30+,31-,32-,33+,34-,35+,36-,37-,39+,40+,41-,42-,43+,44+,45-,46+,47-,48+/m0/s1. The lowest BCUT2D eigenvalue weighted by atomic mass is 9.77. The van der Waals surface area contributed by atoms with Gasteiger partial charge >= 0.3 is 5.97 Å². The lowest BCUT2D eigenvalue weighted by molar-refractivity contribution is -0.364. The number of carbonyl (C=O) groups excluding carboxylic acids is 1. The molecule has 5 aliphatic heterocycles. The Morgan fingerprint density at radius 1 is 0.906 bits per heavy atom. The van der Waals surface area contributed by atoms with Gasteiger partial charge in [0.2, 0.25) is 0 Å². The average Bonchev–Trinajstić information content (AvgIpc) is 3.25. The van der Waals surface area contributed by atoms with Gasteiger partial charge in [0.05, 0.1) is 54.9 Å². The second kappa shape index (κ2) is 22.2. The summed E-state index contributed by atoms with van der Waals surface area (Å²) in [6.45, 7) is 14.4. The SMILES string of the molecule is CC[C@@H](O)C[C@@H]1O[C@]2(CC[C@H]1C)C[C@@H]1OC(=O)/C=C/[C@@](C)(O)[C@H](O)[C@H](C)[C@@H](O)[C@H](O[C@@H]3C[C@@H](OC)[C@@H](O)[C@H](C)O3)[C@@H](O)[C@@](C)(O)CCC/C=C\[C@H]3C[C@H](C)CO[C@]3(OC)C[C@H](O2)[C@@H]1C. The van der Waals surface area contributed by atoms with E-state index in [0.29, 0.717) is 38.7 Å². The maximum Gasteiger partial charge on any atom is 0.330 e. The highest BCUT2D eigenvalue weighted by molar-refractivity contribution is 5.82. The number of hydrogen-bond donors (Lipinski definition) is 7. The van der Waals surface area contributed by atoms with Crippen molar-refractivity contribution < 1.29 is 78.4 Å². The molecule has 0 amide bonds. The zero-order valence-electron chi connectivity index (χ0n) is 39.9. The van der Waals surface area contributed by atoms with Crippen LogP contribution < -0.4 is 0 Å². The normalized spacial score (nSPS) is 49.7. The van der Waals surface area contributed by atoms with E-state index in [0.717, 1.165) is 25.0 Å². The van der Waals surface area contributed by atoms with Crippen LogP contribution in [0.2, 0.25) is 0 Å². The maximum atomic E-state index is 13.8. The van der Waals surface area contributed by atoms with Crippen molar-refractivity contribution in [3.63, 3.8) is 0 Å². The van der Waals surface area contributed by atoms with Crippen molar-refractivity contribution in [1.29, 1.82) is 0 Å². The summed E-state index contributed by atoms with van der Waals surface area (Å²) >= 11 is 0. The Balaban J connectivity index is 1.51. The molecular weight excluding hydrogens is 833 g/mol. The van der Waals surface area contributed by atoms with E-state index in [4.69, 9.17) is 37.9 Å². The molecule has 0 aromatic carbocycles. The third-order valence-electron chi connectivity index (χ3n) is 15.1. The third kappa shape index (κ3) is 12.5. The first-order chi connectivity index (χ1) is 30.0. The number of ether oxygens (including phenoxy) is 8. The van der Waals surface area contributed by atoms with Crippen molar-refractivity contribution in [2.24, 2.45) is 29.6 Å². The molecule has 0 radical (unpaired) electrons. The predicted octanol–water partition coefficient (Wildman–Crippen LogP) is 3.81. The first-order valence-corrected chi connectivity index (χ1v) is 23.8. The molecule has 0 aliphatic carbocycles. The molecule has 5 aliphatic rings. The summed E-state index contributed by atoms with van der Waals surface area (Å²) < 4.78 is 50.6. The Bertz CT molecular complexity index is 1540. The van der Waals surface area contributed by atoms with E-state index in [2.05, 4.69) is 19.9 Å². The van der Waals surface area contributed by atoms with E-state index in [1.54, 1.807) is 14.0 Å². The highest BCUT2D eigenvalue weighted by Crippen LogP contribution is 2.49. The van der Waals surface area contributed by atoms with Gasteiger partial charge in [-0.2, -0.15) is 0 Å². The van der Waals surface area contributed by atoms with Gasteiger partial charge in [0.25, 0.3) is 0 Å². The number of aliphatic hydroxyl groups excluding tert-OH is 5. The summed E-state index contributed by atoms with van der Waals surface area (Å²) in [4.78, 5) is 13.8. The first-order valence-electron chi connectivity index (χ1n) is 23.8. The molecule has 16 nitrogen and oxygen atoms in total. The number of fused-ring (bicyclic) bond motifs is 3. The Hall–Kier alpha value is -1.61. The fourth-order valence-electron chi connectivity index (χ4n) is 10.4. The highest BCUT2D eigenvalue weighted by Gasteiger charge is 2.55. The average molecular weight is 915 g/mol. The molecule has 4 fully saturated rings. The van der Waals surface area contributed by atoms with Crippen LogP contribution in [0.15, 0.2) is 24.3 Å². The van der Waals surface area contributed by atoms with Crippen LogP contribution in [0.5, 0.6) is 0 Å². The van der Waals surface area contributed by atoms with Crippen molar-refractivity contribution in [2.75, 3.05) is 20.8 Å². The molecule has 370 valence electrons. The van der Waals surface area contributed by atoms with E-state index in [9.17, 15) is 40.5 Å². The number of hydrogen-bond acceptors (Lipinski definition) is 16. The summed E-state index contributed by atoms with van der Waals surface area (Å²) in [6, 6.07) is 0. The van der Waals surface area contributed by atoms with E-state index < -0.39 is 102 Å². The van der Waals surface area contributed by atoms with Gasteiger partial charge in [-0.3, -0.25) is 0 Å². The number of carbonyl (C=O) groups is 1. The Kier molecular flexibility index (Phi) is 18.5. The molecule has 4 saturated heterocycles. The van der Waals surface area contributed by atoms with Crippen LogP contribution in [0.3, 0.4) is 0 Å². The summed E-state index contributed by atoms with van der Waals surface area (Å²) in [7, 11) is 3.06. The van der Waals surface area contributed by atoms with Gasteiger partial charge in [0.1, 0.15) is 30.0 Å². The molecule has 21 atom stereocenters. The summed E-state index contributed by atoms with van der Waals surface area (Å²) in [5, 5.41) is 80.2. The van der Waals surface area contributed by atoms with Gasteiger partial charge in [-0.05, 0) is 83.6 Å². The minimum Gasteiger partial charge on any atom is -0.459 e. The van der Waals surface area contributed by atoms with Crippen LogP contribution in [0.25, 0.3) is 0 Å². The first kappa shape index (κ1) is 53.3. The molecule has 16 heteroatoms.